The number of nitriles is 1. The first kappa shape index (κ1) is 9.66. The molecule has 1 unspecified atom stereocenters. The van der Waals surface area contributed by atoms with Crippen molar-refractivity contribution < 1.29 is 4.79 Å². The van der Waals surface area contributed by atoms with Gasteiger partial charge in [-0.05, 0) is 6.42 Å². The molecule has 3 N–H and O–H groups in total. The van der Waals surface area contributed by atoms with E-state index in [0.717, 1.165) is 0 Å². The molecule has 11 heavy (non-hydrogen) atoms. The molecule has 0 spiro atoms. The van der Waals surface area contributed by atoms with Crippen LogP contribution in [0.1, 0.15) is 6.42 Å². The number of rotatable bonds is 4. The van der Waals surface area contributed by atoms with Gasteiger partial charge in [-0.15, -0.1) is 6.58 Å². The minimum atomic E-state index is -0.583. The second-order valence-corrected chi connectivity index (χ2v) is 2.01. The smallest absolute Gasteiger partial charge is 0.238 e. The molecule has 0 aliphatic rings. The fourth-order valence-electron chi connectivity index (χ4n) is 0.544. The van der Waals surface area contributed by atoms with Gasteiger partial charge in [-0.1, -0.05) is 6.08 Å². The molecular weight excluding hydrogens is 142 g/mol. The summed E-state index contributed by atoms with van der Waals surface area (Å²) in [6.07, 6.45) is 1.99. The first-order valence-electron chi connectivity index (χ1n) is 3.23. The summed E-state index contributed by atoms with van der Waals surface area (Å²) in [5.41, 5.74) is 5.38. The van der Waals surface area contributed by atoms with E-state index in [0.29, 0.717) is 6.42 Å². The Morgan fingerprint density at radius 3 is 3.00 bits per heavy atom. The van der Waals surface area contributed by atoms with Crippen LogP contribution in [-0.2, 0) is 4.79 Å². The summed E-state index contributed by atoms with van der Waals surface area (Å²) in [6, 6.07) is 1.20. The molecule has 0 aliphatic heterocycles. The summed E-state index contributed by atoms with van der Waals surface area (Å²) >= 11 is 0. The van der Waals surface area contributed by atoms with E-state index in [-0.39, 0.29) is 12.5 Å². The molecule has 0 rings (SSSR count). The molecule has 0 heterocycles. The average molecular weight is 153 g/mol. The second-order valence-electron chi connectivity index (χ2n) is 2.01. The predicted octanol–water partition coefficient (Wildman–Crippen LogP) is -0.470. The number of nitrogens with zero attached hydrogens (tertiary/aromatic N) is 1. The topological polar surface area (TPSA) is 78.9 Å². The zero-order chi connectivity index (χ0) is 8.69. The van der Waals surface area contributed by atoms with Crippen molar-refractivity contribution in [2.45, 2.75) is 12.5 Å². The van der Waals surface area contributed by atoms with Crippen molar-refractivity contribution in [2.24, 2.45) is 5.73 Å². The van der Waals surface area contributed by atoms with Gasteiger partial charge in [0.2, 0.25) is 5.91 Å². The molecule has 0 aliphatic carbocycles. The third-order valence-electron chi connectivity index (χ3n) is 1.10. The van der Waals surface area contributed by atoms with Crippen LogP contribution >= 0.6 is 0 Å². The van der Waals surface area contributed by atoms with Crippen LogP contribution in [0.4, 0.5) is 0 Å². The first-order valence-corrected chi connectivity index (χ1v) is 3.23. The number of hydrogen-bond acceptors (Lipinski definition) is 3. The van der Waals surface area contributed by atoms with E-state index < -0.39 is 6.04 Å². The lowest BCUT2D eigenvalue weighted by Crippen LogP contribution is -2.40. The van der Waals surface area contributed by atoms with Crippen molar-refractivity contribution >= 4 is 5.91 Å². The highest BCUT2D eigenvalue weighted by Gasteiger charge is 2.09. The van der Waals surface area contributed by atoms with E-state index in [1.165, 1.54) is 0 Å². The molecule has 4 nitrogen and oxygen atoms in total. The number of carbonyl (C=O) groups excluding carboxylic acids is 1. The lowest BCUT2D eigenvalue weighted by molar-refractivity contribution is -0.122. The molecule has 1 atom stereocenters. The van der Waals surface area contributed by atoms with Gasteiger partial charge < -0.3 is 11.1 Å². The van der Waals surface area contributed by atoms with Crippen molar-refractivity contribution in [3.05, 3.63) is 12.7 Å². The molecule has 0 saturated heterocycles. The molecule has 0 aromatic heterocycles. The van der Waals surface area contributed by atoms with Crippen LogP contribution < -0.4 is 11.1 Å². The summed E-state index contributed by atoms with van der Waals surface area (Å²) in [5, 5.41) is 10.4. The van der Waals surface area contributed by atoms with Crippen molar-refractivity contribution in [3.8, 4) is 6.07 Å². The van der Waals surface area contributed by atoms with Gasteiger partial charge in [0.25, 0.3) is 0 Å². The van der Waals surface area contributed by atoms with E-state index in [4.69, 9.17) is 11.0 Å². The van der Waals surface area contributed by atoms with Crippen molar-refractivity contribution in [1.29, 1.82) is 5.26 Å². The van der Waals surface area contributed by atoms with Crippen LogP contribution in [0, 0.1) is 11.3 Å². The van der Waals surface area contributed by atoms with Crippen LogP contribution in [-0.4, -0.2) is 18.5 Å². The normalized spacial score (nSPS) is 11.3. The van der Waals surface area contributed by atoms with Gasteiger partial charge >= 0.3 is 0 Å². The Bertz CT molecular complexity index is 183. The first-order chi connectivity index (χ1) is 5.22. The van der Waals surface area contributed by atoms with E-state index in [2.05, 4.69) is 11.9 Å². The number of amides is 1. The minimum absolute atomic E-state index is 0.00365. The van der Waals surface area contributed by atoms with Crippen LogP contribution in [0.5, 0.6) is 0 Å². The Hall–Kier alpha value is -1.34. The van der Waals surface area contributed by atoms with Crippen LogP contribution in [0.2, 0.25) is 0 Å². The zero-order valence-electron chi connectivity index (χ0n) is 6.21. The largest absolute Gasteiger partial charge is 0.342 e. The van der Waals surface area contributed by atoms with Gasteiger partial charge in [-0.2, -0.15) is 5.26 Å². The maximum Gasteiger partial charge on any atom is 0.238 e. The second kappa shape index (κ2) is 5.45. The van der Waals surface area contributed by atoms with Crippen molar-refractivity contribution in [2.75, 3.05) is 6.54 Å². The standard InChI is InChI=1S/C7H11N3O/c1-2-3-6(9)7(11)10-5-4-8/h2,6H,1,3,5,9H2,(H,10,11). The maximum atomic E-state index is 10.9. The molecule has 0 aromatic carbocycles. The lowest BCUT2D eigenvalue weighted by Gasteiger charge is -2.06. The SMILES string of the molecule is C=CCC(N)C(=O)NCC#N. The number of hydrogen-bond donors (Lipinski definition) is 2. The molecule has 0 saturated carbocycles. The van der Waals surface area contributed by atoms with E-state index in [1.807, 2.05) is 0 Å². The monoisotopic (exact) mass is 153 g/mol. The van der Waals surface area contributed by atoms with E-state index >= 15 is 0 Å². The quantitative estimate of drug-likeness (QED) is 0.423. The molecule has 1 amide bonds. The molecule has 4 heteroatoms. The number of nitrogens with one attached hydrogen (secondary N) is 1. The fraction of sp³-hybridized carbons (Fsp3) is 0.429. The van der Waals surface area contributed by atoms with Gasteiger partial charge in [0.1, 0.15) is 6.54 Å². The lowest BCUT2D eigenvalue weighted by atomic mass is 10.2. The summed E-state index contributed by atoms with van der Waals surface area (Å²) < 4.78 is 0. The van der Waals surface area contributed by atoms with Gasteiger partial charge in [-0.3, -0.25) is 4.79 Å². The third kappa shape index (κ3) is 4.12. The summed E-state index contributed by atoms with van der Waals surface area (Å²) in [6.45, 7) is 3.44. The Balaban J connectivity index is 3.65. The molecule has 0 fully saturated rings. The van der Waals surface area contributed by atoms with Crippen LogP contribution in [0.3, 0.4) is 0 Å². The van der Waals surface area contributed by atoms with E-state index in [9.17, 15) is 4.79 Å². The summed E-state index contributed by atoms with van der Waals surface area (Å²) in [5.74, 6) is -0.313. The van der Waals surface area contributed by atoms with Crippen LogP contribution in [0.25, 0.3) is 0 Å². The predicted molar refractivity (Wildman–Crippen MR) is 41.4 cm³/mol. The molecule has 0 radical (unpaired) electrons. The van der Waals surface area contributed by atoms with Gasteiger partial charge in [-0.25, -0.2) is 0 Å². The Kier molecular flexibility index (Phi) is 4.78. The summed E-state index contributed by atoms with van der Waals surface area (Å²) in [7, 11) is 0. The number of nitrogens with two attached hydrogens (primary N) is 1. The van der Waals surface area contributed by atoms with Gasteiger partial charge in [0.05, 0.1) is 12.1 Å². The Morgan fingerprint density at radius 2 is 2.55 bits per heavy atom. The zero-order valence-corrected chi connectivity index (χ0v) is 6.21. The molecule has 0 aromatic rings. The maximum absolute atomic E-state index is 10.9. The summed E-state index contributed by atoms with van der Waals surface area (Å²) in [4.78, 5) is 10.9. The highest BCUT2D eigenvalue weighted by Crippen LogP contribution is 1.87. The van der Waals surface area contributed by atoms with Crippen LogP contribution in [0.15, 0.2) is 12.7 Å². The van der Waals surface area contributed by atoms with Crippen molar-refractivity contribution in [3.63, 3.8) is 0 Å². The van der Waals surface area contributed by atoms with Crippen molar-refractivity contribution in [1.82, 2.24) is 5.32 Å². The number of carbonyl (C=O) groups is 1. The minimum Gasteiger partial charge on any atom is -0.342 e. The third-order valence-corrected chi connectivity index (χ3v) is 1.10. The average Bonchev–Trinajstić information content (AvgIpc) is 2.00. The Labute approximate surface area is 65.7 Å². The Morgan fingerprint density at radius 1 is 1.91 bits per heavy atom. The highest BCUT2D eigenvalue weighted by molar-refractivity contribution is 5.81. The van der Waals surface area contributed by atoms with E-state index in [1.54, 1.807) is 12.1 Å². The highest BCUT2D eigenvalue weighted by atomic mass is 16.2. The fourth-order valence-corrected chi connectivity index (χ4v) is 0.544. The van der Waals surface area contributed by atoms with Gasteiger partial charge in [0, 0.05) is 0 Å². The molecular formula is C7H11N3O. The molecule has 0 bridgehead atoms. The van der Waals surface area contributed by atoms with Gasteiger partial charge in [0.15, 0.2) is 0 Å². The molecule has 60 valence electrons.